The fourth-order valence-corrected chi connectivity index (χ4v) is 1.58. The highest BCUT2D eigenvalue weighted by atomic mass is 16.4. The highest BCUT2D eigenvalue weighted by molar-refractivity contribution is 5.81. The summed E-state index contributed by atoms with van der Waals surface area (Å²) in [5, 5.41) is 9.18. The molecule has 0 unspecified atom stereocenters. The number of carboxylic acid groups (broad SMARTS) is 1. The van der Waals surface area contributed by atoms with Gasteiger partial charge in [0.1, 0.15) is 17.7 Å². The van der Waals surface area contributed by atoms with Gasteiger partial charge in [-0.15, -0.1) is 0 Å². The van der Waals surface area contributed by atoms with Crippen LogP contribution >= 0.6 is 0 Å². The zero-order valence-corrected chi connectivity index (χ0v) is 10.3. The molecule has 1 saturated carbocycles. The Morgan fingerprint density at radius 2 is 2.12 bits per heavy atom. The van der Waals surface area contributed by atoms with E-state index >= 15 is 0 Å². The van der Waals surface area contributed by atoms with Crippen LogP contribution in [0.4, 0.5) is 5.82 Å². The lowest BCUT2D eigenvalue weighted by Gasteiger charge is -2.32. The fourth-order valence-electron chi connectivity index (χ4n) is 1.58. The van der Waals surface area contributed by atoms with Crippen molar-refractivity contribution in [3.05, 3.63) is 18.1 Å². The number of carboxylic acids is 1. The van der Waals surface area contributed by atoms with Crippen molar-refractivity contribution < 1.29 is 9.90 Å². The Morgan fingerprint density at radius 1 is 1.47 bits per heavy atom. The molecule has 1 aliphatic rings. The molecule has 1 fully saturated rings. The van der Waals surface area contributed by atoms with Crippen molar-refractivity contribution in [3.8, 4) is 0 Å². The number of hydrogen-bond acceptors (Lipinski definition) is 4. The molecule has 0 bridgehead atoms. The van der Waals surface area contributed by atoms with Gasteiger partial charge in [0.05, 0.1) is 0 Å². The lowest BCUT2D eigenvalue weighted by atomic mass is 10.0. The maximum Gasteiger partial charge on any atom is 0.328 e. The second-order valence-electron chi connectivity index (χ2n) is 5.00. The first-order valence-electron chi connectivity index (χ1n) is 5.72. The molecule has 1 N–H and O–H groups in total. The van der Waals surface area contributed by atoms with Crippen molar-refractivity contribution in [2.45, 2.75) is 38.1 Å². The van der Waals surface area contributed by atoms with Crippen LogP contribution in [0.2, 0.25) is 0 Å². The number of hydrogen-bond donors (Lipinski definition) is 1. The Morgan fingerprint density at radius 3 is 2.65 bits per heavy atom. The second-order valence-corrected chi connectivity index (χ2v) is 5.00. The number of nitrogens with zero attached hydrogens (tertiary/aromatic N) is 3. The van der Waals surface area contributed by atoms with Gasteiger partial charge in [0.25, 0.3) is 0 Å². The zero-order chi connectivity index (χ0) is 12.6. The molecule has 5 nitrogen and oxygen atoms in total. The van der Waals surface area contributed by atoms with E-state index in [0.717, 1.165) is 5.69 Å². The summed E-state index contributed by atoms with van der Waals surface area (Å²) in [5.74, 6) is 0.332. The molecule has 0 radical (unpaired) electrons. The Labute approximate surface area is 100 Å². The van der Waals surface area contributed by atoms with Crippen LogP contribution in [-0.2, 0) is 4.79 Å². The molecule has 0 spiro atoms. The number of aromatic nitrogens is 2. The summed E-state index contributed by atoms with van der Waals surface area (Å²) in [5.41, 5.74) is 0.0397. The van der Waals surface area contributed by atoms with Crippen LogP contribution in [-0.4, -0.2) is 33.6 Å². The molecule has 0 amide bonds. The first kappa shape index (κ1) is 11.8. The lowest BCUT2D eigenvalue weighted by molar-refractivity contribution is -0.142. The summed E-state index contributed by atoms with van der Waals surface area (Å²) in [6.07, 6.45) is 3.85. The summed E-state index contributed by atoms with van der Waals surface area (Å²) in [7, 11) is 1.74. The SMILES string of the molecule is CN(c1cc(C2CC2)ncn1)C(C)(C)C(=O)O. The summed E-state index contributed by atoms with van der Waals surface area (Å²) in [6.45, 7) is 3.32. The van der Waals surface area contributed by atoms with Crippen LogP contribution in [0.15, 0.2) is 12.4 Å². The van der Waals surface area contributed by atoms with Crippen molar-refractivity contribution in [1.29, 1.82) is 0 Å². The summed E-state index contributed by atoms with van der Waals surface area (Å²) in [4.78, 5) is 21.2. The molecule has 1 aromatic heterocycles. The van der Waals surface area contributed by atoms with E-state index < -0.39 is 11.5 Å². The van der Waals surface area contributed by atoms with Crippen LogP contribution in [0.25, 0.3) is 0 Å². The molecular formula is C12H17N3O2. The van der Waals surface area contributed by atoms with Gasteiger partial charge in [0.15, 0.2) is 0 Å². The molecular weight excluding hydrogens is 218 g/mol. The van der Waals surface area contributed by atoms with Gasteiger partial charge in [-0.2, -0.15) is 0 Å². The molecule has 1 aromatic rings. The van der Waals surface area contributed by atoms with E-state index in [2.05, 4.69) is 9.97 Å². The largest absolute Gasteiger partial charge is 0.480 e. The van der Waals surface area contributed by atoms with E-state index in [1.807, 2.05) is 6.07 Å². The Hall–Kier alpha value is -1.65. The molecule has 0 aliphatic heterocycles. The highest BCUT2D eigenvalue weighted by Gasteiger charge is 2.34. The third-order valence-electron chi connectivity index (χ3n) is 3.37. The fraction of sp³-hybridized carbons (Fsp3) is 0.583. The summed E-state index contributed by atoms with van der Waals surface area (Å²) < 4.78 is 0. The molecule has 2 rings (SSSR count). The monoisotopic (exact) mass is 235 g/mol. The maximum atomic E-state index is 11.2. The van der Waals surface area contributed by atoms with Crippen molar-refractivity contribution in [3.63, 3.8) is 0 Å². The van der Waals surface area contributed by atoms with E-state index in [0.29, 0.717) is 11.7 Å². The quantitative estimate of drug-likeness (QED) is 0.859. The predicted octanol–water partition coefficient (Wildman–Crippen LogP) is 1.65. The van der Waals surface area contributed by atoms with E-state index in [4.69, 9.17) is 0 Å². The minimum absolute atomic E-state index is 0.540. The van der Waals surface area contributed by atoms with Gasteiger partial charge in [-0.3, -0.25) is 0 Å². The Balaban J connectivity index is 2.27. The van der Waals surface area contributed by atoms with Gasteiger partial charge >= 0.3 is 5.97 Å². The molecule has 5 heteroatoms. The molecule has 0 aromatic carbocycles. The third kappa shape index (κ3) is 2.23. The smallest absolute Gasteiger partial charge is 0.328 e. The van der Waals surface area contributed by atoms with Gasteiger partial charge in [0, 0.05) is 24.7 Å². The molecule has 17 heavy (non-hydrogen) atoms. The van der Waals surface area contributed by atoms with Gasteiger partial charge in [0.2, 0.25) is 0 Å². The number of likely N-dealkylation sites (N-methyl/N-ethyl adjacent to an activating group) is 1. The Bertz CT molecular complexity index is 441. The zero-order valence-electron chi connectivity index (χ0n) is 10.3. The van der Waals surface area contributed by atoms with Crippen molar-refractivity contribution in [2.75, 3.05) is 11.9 Å². The molecule has 0 atom stereocenters. The minimum atomic E-state index is -0.977. The van der Waals surface area contributed by atoms with Crippen LogP contribution in [0.3, 0.4) is 0 Å². The molecule has 0 saturated heterocycles. The third-order valence-corrected chi connectivity index (χ3v) is 3.37. The van der Waals surface area contributed by atoms with E-state index in [1.165, 1.54) is 19.2 Å². The summed E-state index contributed by atoms with van der Waals surface area (Å²) in [6, 6.07) is 1.89. The van der Waals surface area contributed by atoms with Gasteiger partial charge < -0.3 is 10.0 Å². The number of aliphatic carboxylic acids is 1. The van der Waals surface area contributed by atoms with Gasteiger partial charge in [-0.25, -0.2) is 14.8 Å². The van der Waals surface area contributed by atoms with Crippen molar-refractivity contribution >= 4 is 11.8 Å². The second kappa shape index (κ2) is 3.98. The average molecular weight is 235 g/mol. The normalized spacial score (nSPS) is 15.7. The van der Waals surface area contributed by atoms with Crippen LogP contribution in [0, 0.1) is 0 Å². The maximum absolute atomic E-state index is 11.2. The predicted molar refractivity (Wildman–Crippen MR) is 64.1 cm³/mol. The highest BCUT2D eigenvalue weighted by Crippen LogP contribution is 2.39. The molecule has 92 valence electrons. The molecule has 1 heterocycles. The van der Waals surface area contributed by atoms with Gasteiger partial charge in [-0.1, -0.05) is 0 Å². The van der Waals surface area contributed by atoms with Gasteiger partial charge in [-0.05, 0) is 26.7 Å². The van der Waals surface area contributed by atoms with Crippen LogP contribution in [0.1, 0.15) is 38.3 Å². The topological polar surface area (TPSA) is 66.3 Å². The first-order valence-corrected chi connectivity index (χ1v) is 5.72. The van der Waals surface area contributed by atoms with E-state index in [-0.39, 0.29) is 0 Å². The minimum Gasteiger partial charge on any atom is -0.480 e. The van der Waals surface area contributed by atoms with Crippen LogP contribution < -0.4 is 4.90 Å². The Kier molecular flexibility index (Phi) is 2.77. The number of rotatable bonds is 4. The standard InChI is InChI=1S/C12H17N3O2/c1-12(2,11(16)17)15(3)10-6-9(8-4-5-8)13-7-14-10/h6-8H,4-5H2,1-3H3,(H,16,17). The molecule has 1 aliphatic carbocycles. The van der Waals surface area contributed by atoms with Crippen LogP contribution in [0.5, 0.6) is 0 Å². The number of carbonyl (C=O) groups is 1. The summed E-state index contributed by atoms with van der Waals surface area (Å²) >= 11 is 0. The van der Waals surface area contributed by atoms with E-state index in [1.54, 1.807) is 25.8 Å². The van der Waals surface area contributed by atoms with Crippen molar-refractivity contribution in [1.82, 2.24) is 9.97 Å². The first-order chi connectivity index (χ1) is 7.93. The van der Waals surface area contributed by atoms with E-state index in [9.17, 15) is 9.90 Å². The van der Waals surface area contributed by atoms with Crippen molar-refractivity contribution in [2.24, 2.45) is 0 Å². The number of anilines is 1. The lowest BCUT2D eigenvalue weighted by Crippen LogP contribution is -2.48. The average Bonchev–Trinajstić information content (AvgIpc) is 3.11.